The molecule has 0 aromatic carbocycles. The summed E-state index contributed by atoms with van der Waals surface area (Å²) in [6.07, 6.45) is 6.49. The summed E-state index contributed by atoms with van der Waals surface area (Å²) >= 11 is 0. The van der Waals surface area contributed by atoms with Gasteiger partial charge in [0.15, 0.2) is 5.78 Å². The molecule has 4 fully saturated rings. The number of Topliss-reactive ketones (excluding diaryl/α,β-unsaturated/α-hetero) is 1. The zero-order valence-electron chi connectivity index (χ0n) is 12.8. The molecule has 0 saturated heterocycles. The first-order valence-corrected chi connectivity index (χ1v) is 7.97. The van der Waals surface area contributed by atoms with Gasteiger partial charge in [-0.3, -0.25) is 9.59 Å². The molecule has 0 spiro atoms. The number of rotatable bonds is 5. The minimum atomic E-state index is -0.523. The maximum absolute atomic E-state index is 12.2. The van der Waals surface area contributed by atoms with Crippen molar-refractivity contribution in [1.29, 1.82) is 0 Å². The Morgan fingerprint density at radius 3 is 2.38 bits per heavy atom. The molecule has 0 radical (unpaired) electrons. The Labute approximate surface area is 126 Å². The quantitative estimate of drug-likeness (QED) is 0.761. The Balaban J connectivity index is 1.61. The molecule has 2 atom stereocenters. The zero-order valence-corrected chi connectivity index (χ0v) is 12.8. The number of nitrogens with one attached hydrogen (secondary N) is 1. The molecule has 116 valence electrons. The van der Waals surface area contributed by atoms with Gasteiger partial charge in [-0.05, 0) is 62.7 Å². The standard InChI is InChI=1S/C17H25NO3/c1-11(2)15(20)18-9-14(19)8-16-4-12-3-13(5-16)7-17(21,6-12)10-16/h12-13,21H,1,3-10H2,2H3,(H,18,20). The number of hydrogen-bond donors (Lipinski definition) is 2. The molecule has 4 bridgehead atoms. The maximum atomic E-state index is 12.2. The van der Waals surface area contributed by atoms with Crippen LogP contribution in [0.15, 0.2) is 12.2 Å². The van der Waals surface area contributed by atoms with Crippen LogP contribution in [0, 0.1) is 17.3 Å². The van der Waals surface area contributed by atoms with E-state index in [2.05, 4.69) is 11.9 Å². The van der Waals surface area contributed by atoms with E-state index in [1.165, 1.54) is 6.42 Å². The topological polar surface area (TPSA) is 66.4 Å². The van der Waals surface area contributed by atoms with Crippen LogP contribution in [0.2, 0.25) is 0 Å². The second-order valence-corrected chi connectivity index (χ2v) is 7.86. The summed E-state index contributed by atoms with van der Waals surface area (Å²) < 4.78 is 0. The molecule has 4 aliphatic carbocycles. The average Bonchev–Trinajstić information content (AvgIpc) is 2.31. The van der Waals surface area contributed by atoms with E-state index in [1.54, 1.807) is 6.92 Å². The van der Waals surface area contributed by atoms with Crippen LogP contribution in [0.25, 0.3) is 0 Å². The van der Waals surface area contributed by atoms with Crippen molar-refractivity contribution in [1.82, 2.24) is 5.32 Å². The summed E-state index contributed by atoms with van der Waals surface area (Å²) in [5.41, 5.74) is -0.109. The van der Waals surface area contributed by atoms with Crippen LogP contribution in [-0.2, 0) is 9.59 Å². The molecule has 1 amide bonds. The van der Waals surface area contributed by atoms with Crippen LogP contribution >= 0.6 is 0 Å². The summed E-state index contributed by atoms with van der Waals surface area (Å²) in [6.45, 7) is 5.28. The Morgan fingerprint density at radius 2 is 1.86 bits per heavy atom. The highest BCUT2D eigenvalue weighted by Gasteiger charge is 2.57. The van der Waals surface area contributed by atoms with Crippen molar-refractivity contribution in [3.63, 3.8) is 0 Å². The molecule has 0 aromatic heterocycles. The molecule has 4 nitrogen and oxygen atoms in total. The van der Waals surface area contributed by atoms with Gasteiger partial charge < -0.3 is 10.4 Å². The molecule has 4 aliphatic rings. The minimum absolute atomic E-state index is 0.0101. The van der Waals surface area contributed by atoms with Crippen LogP contribution < -0.4 is 5.32 Å². The molecule has 4 saturated carbocycles. The second-order valence-electron chi connectivity index (χ2n) is 7.86. The van der Waals surface area contributed by atoms with Gasteiger partial charge in [0.1, 0.15) is 0 Å². The summed E-state index contributed by atoms with van der Waals surface area (Å²) in [7, 11) is 0. The van der Waals surface area contributed by atoms with Crippen molar-refractivity contribution < 1.29 is 14.7 Å². The Hall–Kier alpha value is -1.16. The molecule has 4 rings (SSSR count). The Bertz CT molecular complexity index is 482. The molecule has 21 heavy (non-hydrogen) atoms. The maximum Gasteiger partial charge on any atom is 0.246 e. The second kappa shape index (κ2) is 4.94. The number of amides is 1. The van der Waals surface area contributed by atoms with Crippen LogP contribution in [0.1, 0.15) is 51.9 Å². The van der Waals surface area contributed by atoms with Crippen molar-refractivity contribution in [2.45, 2.75) is 57.5 Å². The monoisotopic (exact) mass is 291 g/mol. The molecule has 0 aliphatic heterocycles. The van der Waals surface area contributed by atoms with Crippen molar-refractivity contribution in [3.8, 4) is 0 Å². The van der Waals surface area contributed by atoms with Gasteiger partial charge in [0, 0.05) is 12.0 Å². The van der Waals surface area contributed by atoms with Gasteiger partial charge in [-0.15, -0.1) is 0 Å². The van der Waals surface area contributed by atoms with E-state index in [0.717, 1.165) is 32.1 Å². The van der Waals surface area contributed by atoms with Crippen LogP contribution in [-0.4, -0.2) is 28.9 Å². The van der Waals surface area contributed by atoms with Crippen molar-refractivity contribution in [3.05, 3.63) is 12.2 Å². The first-order valence-electron chi connectivity index (χ1n) is 7.97. The normalized spacial score (nSPS) is 40.1. The fourth-order valence-corrected chi connectivity index (χ4v) is 5.42. The molecule has 2 unspecified atom stereocenters. The molecule has 0 heterocycles. The zero-order chi connectivity index (χ0) is 15.3. The lowest BCUT2D eigenvalue weighted by atomic mass is 9.47. The highest BCUT2D eigenvalue weighted by atomic mass is 16.3. The van der Waals surface area contributed by atoms with Crippen molar-refractivity contribution >= 4 is 11.7 Å². The minimum Gasteiger partial charge on any atom is -0.390 e. The van der Waals surface area contributed by atoms with Crippen LogP contribution in [0.3, 0.4) is 0 Å². The van der Waals surface area contributed by atoms with Gasteiger partial charge in [0.05, 0.1) is 12.1 Å². The van der Waals surface area contributed by atoms with Gasteiger partial charge in [-0.2, -0.15) is 0 Å². The number of aliphatic hydroxyl groups is 1. The number of ketones is 1. The molecule has 4 heteroatoms. The first kappa shape index (κ1) is 14.8. The van der Waals surface area contributed by atoms with Crippen molar-refractivity contribution in [2.24, 2.45) is 17.3 Å². The largest absolute Gasteiger partial charge is 0.390 e. The lowest BCUT2D eigenvalue weighted by Gasteiger charge is -2.60. The highest BCUT2D eigenvalue weighted by Crippen LogP contribution is 2.62. The average molecular weight is 291 g/mol. The first-order chi connectivity index (χ1) is 9.79. The van der Waals surface area contributed by atoms with Gasteiger partial charge in [-0.25, -0.2) is 0 Å². The van der Waals surface area contributed by atoms with Crippen molar-refractivity contribution in [2.75, 3.05) is 6.54 Å². The van der Waals surface area contributed by atoms with E-state index in [0.29, 0.717) is 23.8 Å². The summed E-state index contributed by atoms with van der Waals surface area (Å²) in [5.74, 6) is 1.01. The Kier molecular flexibility index (Phi) is 3.47. The molecular formula is C17H25NO3. The highest BCUT2D eigenvalue weighted by molar-refractivity contribution is 5.95. The van der Waals surface area contributed by atoms with E-state index >= 15 is 0 Å². The fourth-order valence-electron chi connectivity index (χ4n) is 5.42. The third-order valence-electron chi connectivity index (χ3n) is 5.56. The molecular weight excluding hydrogens is 266 g/mol. The lowest BCUT2D eigenvalue weighted by molar-refractivity contribution is -0.168. The smallest absolute Gasteiger partial charge is 0.246 e. The van der Waals surface area contributed by atoms with E-state index < -0.39 is 5.60 Å². The van der Waals surface area contributed by atoms with Gasteiger partial charge in [0.2, 0.25) is 5.91 Å². The van der Waals surface area contributed by atoms with E-state index in [9.17, 15) is 14.7 Å². The molecule has 0 aromatic rings. The van der Waals surface area contributed by atoms with Crippen LogP contribution in [0.4, 0.5) is 0 Å². The lowest BCUT2D eigenvalue weighted by Crippen LogP contribution is -2.56. The number of hydrogen-bond acceptors (Lipinski definition) is 3. The predicted molar refractivity (Wildman–Crippen MR) is 79.5 cm³/mol. The van der Waals surface area contributed by atoms with Gasteiger partial charge in [-0.1, -0.05) is 6.58 Å². The predicted octanol–water partition coefficient (Wildman–Crippen LogP) is 1.97. The SMILES string of the molecule is C=C(C)C(=O)NCC(=O)CC12CC3CC(CC(O)(C3)C1)C2. The third-order valence-corrected chi connectivity index (χ3v) is 5.56. The van der Waals surface area contributed by atoms with E-state index in [1.807, 2.05) is 0 Å². The van der Waals surface area contributed by atoms with E-state index in [4.69, 9.17) is 0 Å². The summed E-state index contributed by atoms with van der Waals surface area (Å²) in [4.78, 5) is 23.7. The number of carbonyl (C=O) groups is 2. The van der Waals surface area contributed by atoms with Crippen LogP contribution in [0.5, 0.6) is 0 Å². The summed E-state index contributed by atoms with van der Waals surface area (Å²) in [5, 5.41) is 13.3. The Morgan fingerprint density at radius 1 is 1.24 bits per heavy atom. The van der Waals surface area contributed by atoms with Gasteiger partial charge in [0.25, 0.3) is 0 Å². The summed E-state index contributed by atoms with van der Waals surface area (Å²) in [6, 6.07) is 0. The van der Waals surface area contributed by atoms with E-state index in [-0.39, 0.29) is 23.7 Å². The number of carbonyl (C=O) groups excluding carboxylic acids is 2. The molecule has 2 N–H and O–H groups in total. The fraction of sp³-hybridized carbons (Fsp3) is 0.765. The van der Waals surface area contributed by atoms with Gasteiger partial charge >= 0.3 is 0 Å². The third kappa shape index (κ3) is 2.91.